The molecule has 0 aromatic carbocycles. The molecular formula is C14H28N2O3. The minimum absolute atomic E-state index is 0.0195. The molecule has 2 amide bonds. The summed E-state index contributed by atoms with van der Waals surface area (Å²) < 4.78 is 0. The van der Waals surface area contributed by atoms with Crippen LogP contribution in [0.1, 0.15) is 53.9 Å². The molecule has 5 heteroatoms. The van der Waals surface area contributed by atoms with Crippen molar-refractivity contribution in [3.8, 4) is 0 Å². The molecule has 0 aromatic rings. The molecule has 0 atom stereocenters. The molecule has 0 bridgehead atoms. The van der Waals surface area contributed by atoms with E-state index in [4.69, 9.17) is 5.11 Å². The Morgan fingerprint density at radius 1 is 1.11 bits per heavy atom. The van der Waals surface area contributed by atoms with Crippen molar-refractivity contribution in [3.63, 3.8) is 0 Å². The van der Waals surface area contributed by atoms with E-state index in [0.29, 0.717) is 6.54 Å². The van der Waals surface area contributed by atoms with E-state index in [1.54, 1.807) is 9.80 Å². The highest BCUT2D eigenvalue weighted by Crippen LogP contribution is 2.17. The fraction of sp³-hybridized carbons (Fsp3) is 0.857. The third-order valence-corrected chi connectivity index (χ3v) is 3.02. The average Bonchev–Trinajstić information content (AvgIpc) is 2.28. The zero-order chi connectivity index (χ0) is 15.1. The Bertz CT molecular complexity index is 298. The Morgan fingerprint density at radius 2 is 1.68 bits per heavy atom. The number of amides is 2. The van der Waals surface area contributed by atoms with Gasteiger partial charge in [-0.25, -0.2) is 4.79 Å². The normalized spacial score (nSPS) is 11.2. The predicted octanol–water partition coefficient (Wildman–Crippen LogP) is 2.80. The van der Waals surface area contributed by atoms with Crippen molar-refractivity contribution in [1.29, 1.82) is 0 Å². The summed E-state index contributed by atoms with van der Waals surface area (Å²) in [5, 5.41) is 8.80. The number of urea groups is 1. The summed E-state index contributed by atoms with van der Waals surface area (Å²) in [4.78, 5) is 26.7. The number of nitrogens with zero attached hydrogens (tertiary/aromatic N) is 2. The van der Waals surface area contributed by atoms with Crippen LogP contribution in [-0.4, -0.2) is 52.1 Å². The van der Waals surface area contributed by atoms with Gasteiger partial charge in [0.05, 0.1) is 6.42 Å². The number of carboxylic acids is 1. The number of aliphatic carboxylic acids is 1. The molecule has 5 nitrogen and oxygen atoms in total. The van der Waals surface area contributed by atoms with Gasteiger partial charge in [-0.05, 0) is 34.1 Å². The number of hydrogen-bond acceptors (Lipinski definition) is 2. The summed E-state index contributed by atoms with van der Waals surface area (Å²) >= 11 is 0. The Labute approximate surface area is 116 Å². The summed E-state index contributed by atoms with van der Waals surface area (Å²) in [6.07, 6.45) is 1.99. The van der Waals surface area contributed by atoms with Gasteiger partial charge in [0, 0.05) is 25.2 Å². The van der Waals surface area contributed by atoms with Gasteiger partial charge in [-0.1, -0.05) is 13.3 Å². The third kappa shape index (κ3) is 6.45. The molecule has 0 heterocycles. The number of hydrogen-bond donors (Lipinski definition) is 1. The van der Waals surface area contributed by atoms with Gasteiger partial charge in [-0.2, -0.15) is 0 Å². The smallest absolute Gasteiger partial charge is 0.320 e. The lowest BCUT2D eigenvalue weighted by atomic mass is 10.1. The molecule has 1 N–H and O–H groups in total. The van der Waals surface area contributed by atoms with Gasteiger partial charge in [-0.15, -0.1) is 0 Å². The maximum absolute atomic E-state index is 12.5. The summed E-state index contributed by atoms with van der Waals surface area (Å²) in [5.41, 5.74) is -0.369. The van der Waals surface area contributed by atoms with Gasteiger partial charge >= 0.3 is 12.0 Å². The molecule has 0 fully saturated rings. The van der Waals surface area contributed by atoms with E-state index >= 15 is 0 Å². The molecule has 0 unspecified atom stereocenters. The van der Waals surface area contributed by atoms with Crippen LogP contribution in [-0.2, 0) is 4.79 Å². The molecule has 0 aliphatic heterocycles. The lowest BCUT2D eigenvalue weighted by molar-refractivity contribution is -0.137. The molecule has 0 saturated heterocycles. The van der Waals surface area contributed by atoms with E-state index in [2.05, 4.69) is 6.92 Å². The molecular weight excluding hydrogens is 244 g/mol. The van der Waals surface area contributed by atoms with Gasteiger partial charge in [-0.3, -0.25) is 4.79 Å². The van der Waals surface area contributed by atoms with Gasteiger partial charge in [0.15, 0.2) is 0 Å². The van der Waals surface area contributed by atoms with Crippen LogP contribution in [0, 0.1) is 0 Å². The zero-order valence-corrected chi connectivity index (χ0v) is 12.9. The lowest BCUT2D eigenvalue weighted by Gasteiger charge is -2.39. The Morgan fingerprint density at radius 3 is 2.05 bits per heavy atom. The number of rotatable bonds is 7. The van der Waals surface area contributed by atoms with E-state index in [1.165, 1.54) is 0 Å². The molecule has 112 valence electrons. The fourth-order valence-corrected chi connectivity index (χ4v) is 1.83. The SMILES string of the molecule is CCCCN(CC)C(=O)N(CCC(=O)O)C(C)(C)C. The molecule has 0 saturated carbocycles. The third-order valence-electron chi connectivity index (χ3n) is 3.02. The van der Waals surface area contributed by atoms with Gasteiger partial charge < -0.3 is 14.9 Å². The largest absolute Gasteiger partial charge is 0.481 e. The molecule has 0 aliphatic rings. The zero-order valence-electron chi connectivity index (χ0n) is 12.9. The van der Waals surface area contributed by atoms with E-state index < -0.39 is 5.97 Å². The molecule has 0 rings (SSSR count). The first-order valence-electron chi connectivity index (χ1n) is 7.02. The average molecular weight is 272 g/mol. The predicted molar refractivity (Wildman–Crippen MR) is 76.3 cm³/mol. The minimum Gasteiger partial charge on any atom is -0.481 e. The molecule has 0 aliphatic carbocycles. The van der Waals surface area contributed by atoms with E-state index in [0.717, 1.165) is 19.4 Å². The molecule has 0 aromatic heterocycles. The highest BCUT2D eigenvalue weighted by Gasteiger charge is 2.29. The highest BCUT2D eigenvalue weighted by atomic mass is 16.4. The van der Waals surface area contributed by atoms with Crippen LogP contribution in [0.25, 0.3) is 0 Å². The van der Waals surface area contributed by atoms with Gasteiger partial charge in [0.25, 0.3) is 0 Å². The van der Waals surface area contributed by atoms with Crippen LogP contribution >= 0.6 is 0 Å². The Balaban J connectivity index is 4.81. The number of carboxylic acid groups (broad SMARTS) is 1. The Kier molecular flexibility index (Phi) is 7.49. The summed E-state index contributed by atoms with van der Waals surface area (Å²) in [6, 6.07) is -0.0651. The van der Waals surface area contributed by atoms with Crippen molar-refractivity contribution >= 4 is 12.0 Å². The quantitative estimate of drug-likeness (QED) is 0.775. The van der Waals surface area contributed by atoms with Crippen molar-refractivity contribution in [3.05, 3.63) is 0 Å². The lowest BCUT2D eigenvalue weighted by Crippen LogP contribution is -2.52. The first-order chi connectivity index (χ1) is 8.73. The van der Waals surface area contributed by atoms with Crippen LogP contribution in [0.3, 0.4) is 0 Å². The fourth-order valence-electron chi connectivity index (χ4n) is 1.83. The second-order valence-corrected chi connectivity index (χ2v) is 5.68. The summed E-state index contributed by atoms with van der Waals surface area (Å²) in [5.74, 6) is -0.876. The van der Waals surface area contributed by atoms with Crippen molar-refractivity contribution in [2.75, 3.05) is 19.6 Å². The van der Waals surface area contributed by atoms with E-state index in [9.17, 15) is 9.59 Å². The maximum Gasteiger partial charge on any atom is 0.320 e. The van der Waals surface area contributed by atoms with Crippen molar-refractivity contribution in [2.24, 2.45) is 0 Å². The second kappa shape index (κ2) is 8.02. The van der Waals surface area contributed by atoms with Gasteiger partial charge in [0.1, 0.15) is 0 Å². The summed E-state index contributed by atoms with van der Waals surface area (Å²) in [6.45, 7) is 11.5. The van der Waals surface area contributed by atoms with Crippen molar-refractivity contribution in [2.45, 2.75) is 59.4 Å². The van der Waals surface area contributed by atoms with Crippen molar-refractivity contribution < 1.29 is 14.7 Å². The van der Waals surface area contributed by atoms with Crippen LogP contribution in [0.2, 0.25) is 0 Å². The minimum atomic E-state index is -0.876. The van der Waals surface area contributed by atoms with Crippen LogP contribution in [0.5, 0.6) is 0 Å². The molecule has 19 heavy (non-hydrogen) atoms. The van der Waals surface area contributed by atoms with Crippen LogP contribution in [0.4, 0.5) is 4.79 Å². The Hall–Kier alpha value is -1.26. The monoisotopic (exact) mass is 272 g/mol. The standard InChI is InChI=1S/C14H28N2O3/c1-6-8-10-15(7-2)13(19)16(14(3,4)5)11-9-12(17)18/h6-11H2,1-5H3,(H,17,18). The second-order valence-electron chi connectivity index (χ2n) is 5.68. The number of carbonyl (C=O) groups is 2. The van der Waals surface area contributed by atoms with E-state index in [-0.39, 0.29) is 24.5 Å². The van der Waals surface area contributed by atoms with E-state index in [1.807, 2.05) is 27.7 Å². The van der Waals surface area contributed by atoms with Crippen molar-refractivity contribution in [1.82, 2.24) is 9.80 Å². The maximum atomic E-state index is 12.5. The topological polar surface area (TPSA) is 60.9 Å². The highest BCUT2D eigenvalue weighted by molar-refractivity contribution is 5.76. The molecule has 0 radical (unpaired) electrons. The first-order valence-corrected chi connectivity index (χ1v) is 7.02. The van der Waals surface area contributed by atoms with Crippen LogP contribution in [0.15, 0.2) is 0 Å². The summed E-state index contributed by atoms with van der Waals surface area (Å²) in [7, 11) is 0. The van der Waals surface area contributed by atoms with Gasteiger partial charge in [0.2, 0.25) is 0 Å². The number of unbranched alkanes of at least 4 members (excludes halogenated alkanes) is 1. The molecule has 0 spiro atoms. The number of carbonyl (C=O) groups excluding carboxylic acids is 1. The van der Waals surface area contributed by atoms with Crippen LogP contribution < -0.4 is 0 Å². The first kappa shape index (κ1) is 17.7.